The van der Waals surface area contributed by atoms with Gasteiger partial charge in [0.15, 0.2) is 0 Å². The smallest absolute Gasteiger partial charge is 0.352 e. The van der Waals surface area contributed by atoms with Gasteiger partial charge in [-0.3, -0.25) is 4.79 Å². The summed E-state index contributed by atoms with van der Waals surface area (Å²) in [6, 6.07) is 0. The zero-order chi connectivity index (χ0) is 14.0. The first-order valence-electron chi connectivity index (χ1n) is 5.49. The van der Waals surface area contributed by atoms with Crippen molar-refractivity contribution in [1.29, 1.82) is 0 Å². The second kappa shape index (κ2) is 4.89. The van der Waals surface area contributed by atoms with E-state index in [1.807, 2.05) is 0 Å². The van der Waals surface area contributed by atoms with E-state index in [-0.39, 0.29) is 5.69 Å². The number of nitrogens with one attached hydrogen (secondary N) is 2. The van der Waals surface area contributed by atoms with E-state index in [4.69, 9.17) is 5.11 Å². The minimum atomic E-state index is -1.09. The zero-order valence-electron chi connectivity index (χ0n) is 10.4. The van der Waals surface area contributed by atoms with Crippen LogP contribution in [-0.2, 0) is 0 Å². The third kappa shape index (κ3) is 2.44. The van der Waals surface area contributed by atoms with Crippen molar-refractivity contribution in [1.82, 2.24) is 15.0 Å². The van der Waals surface area contributed by atoms with Crippen molar-refractivity contribution in [2.45, 2.75) is 13.8 Å². The molecule has 0 aliphatic rings. The zero-order valence-corrected chi connectivity index (χ0v) is 10.4. The molecule has 2 heterocycles. The summed E-state index contributed by atoms with van der Waals surface area (Å²) >= 11 is 0. The largest absolute Gasteiger partial charge is 0.477 e. The Morgan fingerprint density at radius 3 is 2.42 bits per heavy atom. The lowest BCUT2D eigenvalue weighted by Gasteiger charge is -2.04. The molecule has 0 aromatic carbocycles. The number of carbonyl (C=O) groups is 2. The fourth-order valence-corrected chi connectivity index (χ4v) is 1.86. The molecule has 1 amide bonds. The summed E-state index contributed by atoms with van der Waals surface area (Å²) in [5, 5.41) is 11.6. The van der Waals surface area contributed by atoms with E-state index < -0.39 is 11.9 Å². The van der Waals surface area contributed by atoms with Crippen LogP contribution in [-0.4, -0.2) is 31.9 Å². The average Bonchev–Trinajstić information content (AvgIpc) is 2.66. The molecule has 0 atom stereocenters. The SMILES string of the molecule is Cc1[nH]c(C(=O)O)c(C)c1C(=O)Nc1cncnc1. The number of hydrogen-bond donors (Lipinski definition) is 3. The third-order valence-corrected chi connectivity index (χ3v) is 2.70. The van der Waals surface area contributed by atoms with Crippen LogP contribution in [0.2, 0.25) is 0 Å². The summed E-state index contributed by atoms with van der Waals surface area (Å²) < 4.78 is 0. The molecule has 3 N–H and O–H groups in total. The normalized spacial score (nSPS) is 10.2. The van der Waals surface area contributed by atoms with Gasteiger partial charge in [0.2, 0.25) is 0 Å². The van der Waals surface area contributed by atoms with Gasteiger partial charge in [-0.2, -0.15) is 0 Å². The van der Waals surface area contributed by atoms with Crippen molar-refractivity contribution in [3.05, 3.63) is 41.2 Å². The van der Waals surface area contributed by atoms with Crippen molar-refractivity contribution >= 4 is 17.6 Å². The van der Waals surface area contributed by atoms with E-state index in [1.165, 1.54) is 18.7 Å². The molecule has 0 bridgehead atoms. The van der Waals surface area contributed by atoms with Crippen LogP contribution in [0.1, 0.15) is 32.1 Å². The molecule has 0 saturated carbocycles. The van der Waals surface area contributed by atoms with E-state index in [9.17, 15) is 9.59 Å². The van der Waals surface area contributed by atoms with Crippen LogP contribution in [0.4, 0.5) is 5.69 Å². The lowest BCUT2D eigenvalue weighted by atomic mass is 10.1. The lowest BCUT2D eigenvalue weighted by Crippen LogP contribution is -2.14. The van der Waals surface area contributed by atoms with E-state index in [0.717, 1.165) is 0 Å². The molecular formula is C12H12N4O3. The Hall–Kier alpha value is -2.70. The number of aryl methyl sites for hydroxylation is 1. The monoisotopic (exact) mass is 260 g/mol. The molecule has 0 radical (unpaired) electrons. The highest BCUT2D eigenvalue weighted by molar-refractivity contribution is 6.07. The van der Waals surface area contributed by atoms with Gasteiger partial charge in [0.1, 0.15) is 12.0 Å². The van der Waals surface area contributed by atoms with Gasteiger partial charge in [-0.15, -0.1) is 0 Å². The first kappa shape index (κ1) is 12.7. The Labute approximate surface area is 108 Å². The summed E-state index contributed by atoms with van der Waals surface area (Å²) in [7, 11) is 0. The number of carbonyl (C=O) groups excluding carboxylic acids is 1. The first-order valence-corrected chi connectivity index (χ1v) is 5.49. The second-order valence-corrected chi connectivity index (χ2v) is 4.01. The van der Waals surface area contributed by atoms with Gasteiger partial charge in [0, 0.05) is 5.69 Å². The van der Waals surface area contributed by atoms with Gasteiger partial charge in [0.05, 0.1) is 23.6 Å². The van der Waals surface area contributed by atoms with Crippen molar-refractivity contribution in [2.75, 3.05) is 5.32 Å². The van der Waals surface area contributed by atoms with Crippen LogP contribution in [0.25, 0.3) is 0 Å². The molecule has 19 heavy (non-hydrogen) atoms. The standard InChI is InChI=1S/C12H12N4O3/c1-6-9(7(2)15-10(6)12(18)19)11(17)16-8-3-13-5-14-4-8/h3-5,15H,1-2H3,(H,16,17)(H,18,19). The molecule has 0 unspecified atom stereocenters. The van der Waals surface area contributed by atoms with Crippen LogP contribution in [0.3, 0.4) is 0 Å². The Kier molecular flexibility index (Phi) is 3.28. The quantitative estimate of drug-likeness (QED) is 0.772. The Morgan fingerprint density at radius 2 is 1.89 bits per heavy atom. The van der Waals surface area contributed by atoms with Crippen molar-refractivity contribution < 1.29 is 14.7 Å². The fourth-order valence-electron chi connectivity index (χ4n) is 1.86. The number of aromatic amines is 1. The maximum Gasteiger partial charge on any atom is 0.352 e. The number of carboxylic acids is 1. The van der Waals surface area contributed by atoms with Gasteiger partial charge in [-0.05, 0) is 19.4 Å². The highest BCUT2D eigenvalue weighted by Gasteiger charge is 2.21. The minimum absolute atomic E-state index is 0.0203. The number of aromatic carboxylic acids is 1. The lowest BCUT2D eigenvalue weighted by molar-refractivity contribution is 0.0690. The predicted molar refractivity (Wildman–Crippen MR) is 67.2 cm³/mol. The molecule has 7 nitrogen and oxygen atoms in total. The molecular weight excluding hydrogens is 248 g/mol. The average molecular weight is 260 g/mol. The summed E-state index contributed by atoms with van der Waals surface area (Å²) in [6.45, 7) is 3.24. The Balaban J connectivity index is 2.32. The molecule has 0 fully saturated rings. The van der Waals surface area contributed by atoms with E-state index in [1.54, 1.807) is 13.8 Å². The van der Waals surface area contributed by atoms with E-state index in [0.29, 0.717) is 22.5 Å². The molecule has 98 valence electrons. The van der Waals surface area contributed by atoms with Gasteiger partial charge in [-0.1, -0.05) is 0 Å². The van der Waals surface area contributed by atoms with Crippen LogP contribution < -0.4 is 5.32 Å². The number of amides is 1. The molecule has 0 aliphatic carbocycles. The number of nitrogens with zero attached hydrogens (tertiary/aromatic N) is 2. The topological polar surface area (TPSA) is 108 Å². The second-order valence-electron chi connectivity index (χ2n) is 4.01. The maximum absolute atomic E-state index is 12.1. The Morgan fingerprint density at radius 1 is 1.26 bits per heavy atom. The number of carboxylic acid groups (broad SMARTS) is 1. The highest BCUT2D eigenvalue weighted by atomic mass is 16.4. The summed E-state index contributed by atoms with van der Waals surface area (Å²) in [4.78, 5) is 33.3. The number of aromatic nitrogens is 3. The van der Waals surface area contributed by atoms with Crippen molar-refractivity contribution in [3.63, 3.8) is 0 Å². The fraction of sp³-hybridized carbons (Fsp3) is 0.167. The van der Waals surface area contributed by atoms with E-state index >= 15 is 0 Å². The number of hydrogen-bond acceptors (Lipinski definition) is 4. The molecule has 0 spiro atoms. The highest BCUT2D eigenvalue weighted by Crippen LogP contribution is 2.19. The number of H-pyrrole nitrogens is 1. The molecule has 0 saturated heterocycles. The molecule has 0 aliphatic heterocycles. The van der Waals surface area contributed by atoms with Crippen LogP contribution in [0.15, 0.2) is 18.7 Å². The number of rotatable bonds is 3. The van der Waals surface area contributed by atoms with Gasteiger partial charge < -0.3 is 15.4 Å². The Bertz CT molecular complexity index is 634. The van der Waals surface area contributed by atoms with Crippen molar-refractivity contribution in [3.8, 4) is 0 Å². The third-order valence-electron chi connectivity index (χ3n) is 2.70. The molecule has 2 aromatic rings. The summed E-state index contributed by atoms with van der Waals surface area (Å²) in [5.74, 6) is -1.49. The van der Waals surface area contributed by atoms with E-state index in [2.05, 4.69) is 20.3 Å². The van der Waals surface area contributed by atoms with Crippen LogP contribution in [0.5, 0.6) is 0 Å². The minimum Gasteiger partial charge on any atom is -0.477 e. The van der Waals surface area contributed by atoms with Gasteiger partial charge in [-0.25, -0.2) is 14.8 Å². The van der Waals surface area contributed by atoms with Gasteiger partial charge in [0.25, 0.3) is 5.91 Å². The summed E-state index contributed by atoms with van der Waals surface area (Å²) in [6.07, 6.45) is 4.27. The molecule has 2 rings (SSSR count). The number of anilines is 1. The predicted octanol–water partition coefficient (Wildman–Crippen LogP) is 1.37. The van der Waals surface area contributed by atoms with Gasteiger partial charge >= 0.3 is 5.97 Å². The van der Waals surface area contributed by atoms with Crippen LogP contribution >= 0.6 is 0 Å². The van der Waals surface area contributed by atoms with Crippen molar-refractivity contribution in [2.24, 2.45) is 0 Å². The summed E-state index contributed by atoms with van der Waals surface area (Å²) in [5.41, 5.74) is 1.70. The molecule has 7 heteroatoms. The molecule has 2 aromatic heterocycles. The maximum atomic E-state index is 12.1. The van der Waals surface area contributed by atoms with Crippen LogP contribution in [0, 0.1) is 13.8 Å². The first-order chi connectivity index (χ1) is 9.00.